The molecule has 2 rings (SSSR count). The lowest BCUT2D eigenvalue weighted by atomic mass is 10.0. The van der Waals surface area contributed by atoms with Crippen LogP contribution in [0.3, 0.4) is 0 Å². The lowest BCUT2D eigenvalue weighted by molar-refractivity contribution is -0.124. The van der Waals surface area contributed by atoms with E-state index in [4.69, 9.17) is 10.9 Å². The number of hydrogen-bond donors (Lipinski definition) is 3. The molecule has 0 spiro atoms. The maximum absolute atomic E-state index is 11.3. The van der Waals surface area contributed by atoms with Crippen LogP contribution in [-0.2, 0) is 11.2 Å². The van der Waals surface area contributed by atoms with Gasteiger partial charge in [-0.1, -0.05) is 30.3 Å². The average Bonchev–Trinajstić information content (AvgIpc) is 2.54. The van der Waals surface area contributed by atoms with E-state index in [1.54, 1.807) is 12.1 Å². The normalized spacial score (nSPS) is 10.6. The van der Waals surface area contributed by atoms with Crippen LogP contribution in [-0.4, -0.2) is 22.0 Å². The van der Waals surface area contributed by atoms with E-state index in [9.17, 15) is 9.59 Å². The first-order valence-electron chi connectivity index (χ1n) is 6.55. The van der Waals surface area contributed by atoms with Gasteiger partial charge in [0.2, 0.25) is 0 Å². The van der Waals surface area contributed by atoms with E-state index in [0.717, 1.165) is 16.7 Å². The third kappa shape index (κ3) is 4.00. The molecule has 1 heterocycles. The molecule has 2 aromatic rings. The first-order valence-corrected chi connectivity index (χ1v) is 6.55. The largest absolute Gasteiger partial charge is 0.364 e. The summed E-state index contributed by atoms with van der Waals surface area (Å²) >= 11 is 0. The van der Waals surface area contributed by atoms with Crippen molar-refractivity contribution in [1.82, 2.24) is 10.5 Å². The number of hydrogen-bond acceptors (Lipinski definition) is 4. The van der Waals surface area contributed by atoms with Crippen LogP contribution in [0.2, 0.25) is 0 Å². The zero-order valence-electron chi connectivity index (χ0n) is 11.7. The Morgan fingerprint density at radius 1 is 1.23 bits per heavy atom. The summed E-state index contributed by atoms with van der Waals surface area (Å²) in [6.45, 7) is 0. The monoisotopic (exact) mass is 297 g/mol. The van der Waals surface area contributed by atoms with Crippen molar-refractivity contribution in [2.24, 2.45) is 5.73 Å². The molecule has 2 amide bonds. The van der Waals surface area contributed by atoms with Gasteiger partial charge in [-0.3, -0.25) is 19.8 Å². The van der Waals surface area contributed by atoms with Crippen LogP contribution in [0.5, 0.6) is 0 Å². The summed E-state index contributed by atoms with van der Waals surface area (Å²) in [5.41, 5.74) is 9.65. The molecule has 0 saturated carbocycles. The smallest absolute Gasteiger partial charge is 0.267 e. The Balaban J connectivity index is 2.14. The van der Waals surface area contributed by atoms with E-state index >= 15 is 0 Å². The lowest BCUT2D eigenvalue weighted by Gasteiger charge is -2.06. The van der Waals surface area contributed by atoms with Crippen molar-refractivity contribution < 1.29 is 14.8 Å². The quantitative estimate of drug-likeness (QED) is 0.439. The second kappa shape index (κ2) is 7.14. The highest BCUT2D eigenvalue weighted by atomic mass is 16.5. The number of pyridine rings is 1. The van der Waals surface area contributed by atoms with Gasteiger partial charge in [0.05, 0.1) is 0 Å². The maximum Gasteiger partial charge on any atom is 0.267 e. The van der Waals surface area contributed by atoms with Crippen molar-refractivity contribution in [3.63, 3.8) is 0 Å². The van der Waals surface area contributed by atoms with Gasteiger partial charge in [-0.05, 0) is 35.3 Å². The SMILES string of the molecule is NC(=O)c1ncccc1Cc1ccc(C=CC(=O)NO)cc1. The molecule has 0 saturated heterocycles. The fourth-order valence-corrected chi connectivity index (χ4v) is 1.98. The molecule has 0 unspecified atom stereocenters. The Kier molecular flexibility index (Phi) is 5.00. The predicted octanol–water partition coefficient (Wildman–Crippen LogP) is 1.29. The fraction of sp³-hybridized carbons (Fsp3) is 0.0625. The summed E-state index contributed by atoms with van der Waals surface area (Å²) in [4.78, 5) is 26.2. The Hall–Kier alpha value is -2.99. The molecule has 112 valence electrons. The van der Waals surface area contributed by atoms with Crippen LogP contribution in [0.25, 0.3) is 6.08 Å². The number of rotatable bonds is 5. The van der Waals surface area contributed by atoms with Gasteiger partial charge in [0.1, 0.15) is 5.69 Å². The van der Waals surface area contributed by atoms with Crippen molar-refractivity contribution in [3.05, 3.63) is 71.1 Å². The van der Waals surface area contributed by atoms with Gasteiger partial charge < -0.3 is 5.73 Å². The minimum Gasteiger partial charge on any atom is -0.364 e. The molecular formula is C16H15N3O3. The molecular weight excluding hydrogens is 282 g/mol. The van der Waals surface area contributed by atoms with Crippen molar-refractivity contribution in [1.29, 1.82) is 0 Å². The molecule has 0 aliphatic heterocycles. The van der Waals surface area contributed by atoms with Gasteiger partial charge in [0, 0.05) is 12.3 Å². The van der Waals surface area contributed by atoms with Gasteiger partial charge in [-0.25, -0.2) is 5.48 Å². The highest BCUT2D eigenvalue weighted by Crippen LogP contribution is 2.14. The summed E-state index contributed by atoms with van der Waals surface area (Å²) in [6, 6.07) is 11.0. The minimum atomic E-state index is -0.592. The second-order valence-corrected chi connectivity index (χ2v) is 4.60. The van der Waals surface area contributed by atoms with Crippen LogP contribution in [0.1, 0.15) is 27.2 Å². The summed E-state index contributed by atoms with van der Waals surface area (Å²) in [5.74, 6) is -1.14. The first kappa shape index (κ1) is 15.4. The number of amides is 2. The number of hydroxylamine groups is 1. The Labute approximate surface area is 127 Å². The van der Waals surface area contributed by atoms with Crippen LogP contribution in [0.4, 0.5) is 0 Å². The summed E-state index contributed by atoms with van der Waals surface area (Å²) in [5, 5.41) is 8.40. The summed E-state index contributed by atoms with van der Waals surface area (Å²) in [7, 11) is 0. The minimum absolute atomic E-state index is 0.270. The molecule has 0 aliphatic rings. The molecule has 0 fully saturated rings. The van der Waals surface area contributed by atoms with Gasteiger partial charge in [0.15, 0.2) is 0 Å². The van der Waals surface area contributed by atoms with Crippen LogP contribution in [0.15, 0.2) is 48.7 Å². The molecule has 0 radical (unpaired) electrons. The van der Waals surface area contributed by atoms with Crippen molar-refractivity contribution >= 4 is 17.9 Å². The standard InChI is InChI=1S/C16H15N3O3/c17-16(21)15-13(2-1-9-18-15)10-12-5-3-11(4-6-12)7-8-14(20)19-22/h1-9,22H,10H2,(H2,17,21)(H,19,20). The number of nitrogens with two attached hydrogens (primary N) is 1. The maximum atomic E-state index is 11.3. The lowest BCUT2D eigenvalue weighted by Crippen LogP contribution is -2.15. The van der Waals surface area contributed by atoms with Crippen molar-refractivity contribution in [3.8, 4) is 0 Å². The molecule has 4 N–H and O–H groups in total. The van der Waals surface area contributed by atoms with Crippen LogP contribution in [0, 0.1) is 0 Å². The number of carbonyl (C=O) groups is 2. The highest BCUT2D eigenvalue weighted by Gasteiger charge is 2.09. The van der Waals surface area contributed by atoms with Crippen LogP contribution < -0.4 is 11.2 Å². The number of carbonyl (C=O) groups excluding carboxylic acids is 2. The van der Waals surface area contributed by atoms with E-state index in [0.29, 0.717) is 6.42 Å². The second-order valence-electron chi connectivity index (χ2n) is 4.60. The van der Waals surface area contributed by atoms with E-state index in [-0.39, 0.29) is 5.69 Å². The molecule has 6 heteroatoms. The average molecular weight is 297 g/mol. The molecule has 0 bridgehead atoms. The van der Waals surface area contributed by atoms with Gasteiger partial charge in [-0.15, -0.1) is 0 Å². The number of nitrogens with zero attached hydrogens (tertiary/aromatic N) is 1. The molecule has 22 heavy (non-hydrogen) atoms. The number of primary amides is 1. The molecule has 0 atom stereocenters. The van der Waals surface area contributed by atoms with Gasteiger partial charge in [-0.2, -0.15) is 0 Å². The summed E-state index contributed by atoms with van der Waals surface area (Å²) < 4.78 is 0. The highest BCUT2D eigenvalue weighted by molar-refractivity contribution is 5.92. The van der Waals surface area contributed by atoms with Crippen LogP contribution >= 0.6 is 0 Å². The zero-order chi connectivity index (χ0) is 15.9. The molecule has 0 aliphatic carbocycles. The van der Waals surface area contributed by atoms with E-state index in [2.05, 4.69) is 4.98 Å². The topological polar surface area (TPSA) is 105 Å². The summed E-state index contributed by atoms with van der Waals surface area (Å²) in [6.07, 6.45) is 4.87. The molecule has 6 nitrogen and oxygen atoms in total. The van der Waals surface area contributed by atoms with Gasteiger partial charge >= 0.3 is 0 Å². The predicted molar refractivity (Wildman–Crippen MR) is 81.0 cm³/mol. The molecule has 1 aromatic carbocycles. The zero-order valence-corrected chi connectivity index (χ0v) is 11.7. The fourth-order valence-electron chi connectivity index (χ4n) is 1.98. The first-order chi connectivity index (χ1) is 10.6. The van der Waals surface area contributed by atoms with E-state index in [1.165, 1.54) is 17.8 Å². The number of benzene rings is 1. The molecule has 1 aromatic heterocycles. The van der Waals surface area contributed by atoms with E-state index < -0.39 is 11.8 Å². The van der Waals surface area contributed by atoms with E-state index in [1.807, 2.05) is 30.3 Å². The Bertz CT molecular complexity index is 709. The third-order valence-electron chi connectivity index (χ3n) is 3.04. The van der Waals surface area contributed by atoms with Crippen molar-refractivity contribution in [2.45, 2.75) is 6.42 Å². The number of aromatic nitrogens is 1. The third-order valence-corrected chi connectivity index (χ3v) is 3.04. The Morgan fingerprint density at radius 3 is 2.59 bits per heavy atom. The number of nitrogens with one attached hydrogen (secondary N) is 1. The van der Waals surface area contributed by atoms with Crippen molar-refractivity contribution in [2.75, 3.05) is 0 Å². The Morgan fingerprint density at radius 2 is 1.95 bits per heavy atom. The van der Waals surface area contributed by atoms with Gasteiger partial charge in [0.25, 0.3) is 11.8 Å².